The summed E-state index contributed by atoms with van der Waals surface area (Å²) in [6, 6.07) is 0. The van der Waals surface area contributed by atoms with Gasteiger partial charge in [0.2, 0.25) is 0 Å². The molecule has 0 aromatic rings. The molecule has 0 aromatic heterocycles. The van der Waals surface area contributed by atoms with E-state index in [0.717, 1.165) is 116 Å². The van der Waals surface area contributed by atoms with Crippen LogP contribution in [0.15, 0.2) is 158 Å². The zero-order valence-electron chi connectivity index (χ0n) is 39.5. The summed E-state index contributed by atoms with van der Waals surface area (Å²) < 4.78 is 16.7. The molecule has 0 aromatic carbocycles. The van der Waals surface area contributed by atoms with Gasteiger partial charge in [-0.2, -0.15) is 0 Å². The molecule has 0 aliphatic rings. The third-order valence-electron chi connectivity index (χ3n) is 9.33. The Morgan fingerprint density at radius 1 is 0.317 bits per heavy atom. The fourth-order valence-electron chi connectivity index (χ4n) is 5.78. The van der Waals surface area contributed by atoms with Crippen LogP contribution < -0.4 is 0 Å². The molecule has 0 aliphatic heterocycles. The molecule has 0 spiro atoms. The Balaban J connectivity index is 4.58. The van der Waals surface area contributed by atoms with E-state index in [2.05, 4.69) is 93.7 Å². The molecule has 0 amide bonds. The lowest BCUT2D eigenvalue weighted by Crippen LogP contribution is -2.30. The average molecular weight is 865 g/mol. The zero-order chi connectivity index (χ0) is 45.8. The van der Waals surface area contributed by atoms with Crippen LogP contribution in [0.3, 0.4) is 0 Å². The molecule has 0 radical (unpaired) electrons. The highest BCUT2D eigenvalue weighted by molar-refractivity contribution is 5.71. The topological polar surface area (TPSA) is 78.9 Å². The normalized spacial score (nSPS) is 13.5. The smallest absolute Gasteiger partial charge is 0.306 e. The Labute approximate surface area is 384 Å². The van der Waals surface area contributed by atoms with Gasteiger partial charge in [0.1, 0.15) is 13.2 Å². The number of rotatable bonds is 40. The van der Waals surface area contributed by atoms with Gasteiger partial charge >= 0.3 is 17.9 Å². The summed E-state index contributed by atoms with van der Waals surface area (Å²) in [6.45, 7) is 6.11. The predicted octanol–water partition coefficient (Wildman–Crippen LogP) is 15.9. The summed E-state index contributed by atoms with van der Waals surface area (Å²) >= 11 is 0. The van der Waals surface area contributed by atoms with Gasteiger partial charge in [-0.25, -0.2) is 0 Å². The van der Waals surface area contributed by atoms with Crippen molar-refractivity contribution in [3.8, 4) is 0 Å². The van der Waals surface area contributed by atoms with E-state index < -0.39 is 6.10 Å². The van der Waals surface area contributed by atoms with E-state index in [4.69, 9.17) is 14.2 Å². The Hall–Kier alpha value is -4.97. The quantitative estimate of drug-likeness (QED) is 0.0264. The molecule has 0 rings (SSSR count). The highest BCUT2D eigenvalue weighted by Crippen LogP contribution is 2.12. The zero-order valence-corrected chi connectivity index (χ0v) is 39.5. The van der Waals surface area contributed by atoms with Crippen molar-refractivity contribution in [2.75, 3.05) is 13.2 Å². The molecule has 6 nitrogen and oxygen atoms in total. The lowest BCUT2D eigenvalue weighted by atomic mass is 10.1. The first-order valence-electron chi connectivity index (χ1n) is 24.2. The predicted molar refractivity (Wildman–Crippen MR) is 269 cm³/mol. The highest BCUT2D eigenvalue weighted by Gasteiger charge is 2.19. The lowest BCUT2D eigenvalue weighted by Gasteiger charge is -2.18. The van der Waals surface area contributed by atoms with Crippen molar-refractivity contribution in [2.45, 2.75) is 168 Å². The van der Waals surface area contributed by atoms with Crippen molar-refractivity contribution in [2.24, 2.45) is 0 Å². The number of hydrogen-bond donors (Lipinski definition) is 0. The number of ether oxygens (including phenoxy) is 3. The molecule has 1 unspecified atom stereocenters. The van der Waals surface area contributed by atoms with Crippen LogP contribution in [0.5, 0.6) is 0 Å². The maximum absolute atomic E-state index is 12.8. The molecular formula is C57H84O6. The van der Waals surface area contributed by atoms with Crippen molar-refractivity contribution in [1.82, 2.24) is 0 Å². The number of carbonyl (C=O) groups excluding carboxylic acids is 3. The number of unbranched alkanes of at least 4 members (excludes halogenated alkanes) is 13. The Kier molecular flexibility index (Phi) is 45.8. The third kappa shape index (κ3) is 47.9. The number of hydrogen-bond acceptors (Lipinski definition) is 6. The second-order valence-electron chi connectivity index (χ2n) is 15.2. The van der Waals surface area contributed by atoms with Gasteiger partial charge in [-0.1, -0.05) is 224 Å². The van der Waals surface area contributed by atoms with E-state index in [0.29, 0.717) is 12.8 Å². The van der Waals surface area contributed by atoms with Crippen molar-refractivity contribution in [3.63, 3.8) is 0 Å². The summed E-state index contributed by atoms with van der Waals surface area (Å²) in [6.07, 6.45) is 72.2. The molecule has 1 atom stereocenters. The maximum atomic E-state index is 12.8. The van der Waals surface area contributed by atoms with E-state index in [1.54, 1.807) is 0 Å². The summed E-state index contributed by atoms with van der Waals surface area (Å²) in [4.78, 5) is 37.9. The summed E-state index contributed by atoms with van der Waals surface area (Å²) in [5.41, 5.74) is 0. The van der Waals surface area contributed by atoms with Gasteiger partial charge in [-0.05, 0) is 77.0 Å². The number of carbonyl (C=O) groups is 3. The molecule has 0 aliphatic carbocycles. The van der Waals surface area contributed by atoms with Gasteiger partial charge in [0.15, 0.2) is 6.10 Å². The van der Waals surface area contributed by atoms with Crippen molar-refractivity contribution in [1.29, 1.82) is 0 Å². The molecular weight excluding hydrogens is 781 g/mol. The van der Waals surface area contributed by atoms with Gasteiger partial charge in [-0.15, -0.1) is 0 Å². The molecule has 0 saturated heterocycles. The first-order chi connectivity index (χ1) is 31.0. The molecule has 0 bridgehead atoms. The Bertz CT molecular complexity index is 1510. The fraction of sp³-hybridized carbons (Fsp3) is 0.491. The van der Waals surface area contributed by atoms with Crippen LogP contribution in [0.2, 0.25) is 0 Å². The Morgan fingerprint density at radius 3 is 0.905 bits per heavy atom. The molecule has 0 saturated carbocycles. The van der Waals surface area contributed by atoms with Crippen LogP contribution in [0.25, 0.3) is 0 Å². The van der Waals surface area contributed by atoms with E-state index in [1.165, 1.54) is 0 Å². The van der Waals surface area contributed by atoms with Crippen molar-refractivity contribution in [3.05, 3.63) is 158 Å². The SMILES string of the molecule is CC/C=C/C=C/C=C/C=C/C=C/C=C/C=C/CCCCCC(=O)OCC(COC(=O)CCCCCCC/C=C/C=C/C=C/CC)OC(=O)CCCCCCC/C=C/C=C/C=C/CC. The van der Waals surface area contributed by atoms with E-state index >= 15 is 0 Å². The van der Waals surface area contributed by atoms with Crippen LogP contribution >= 0.6 is 0 Å². The summed E-state index contributed by atoms with van der Waals surface area (Å²) in [5.74, 6) is -1.02. The van der Waals surface area contributed by atoms with Gasteiger partial charge in [0.25, 0.3) is 0 Å². The van der Waals surface area contributed by atoms with E-state index in [1.807, 2.05) is 85.1 Å². The maximum Gasteiger partial charge on any atom is 0.306 e. The van der Waals surface area contributed by atoms with Crippen LogP contribution in [-0.2, 0) is 28.6 Å². The fourth-order valence-corrected chi connectivity index (χ4v) is 5.78. The molecule has 0 heterocycles. The molecule has 63 heavy (non-hydrogen) atoms. The first kappa shape index (κ1) is 58.0. The van der Waals surface area contributed by atoms with Crippen LogP contribution in [0.1, 0.15) is 162 Å². The van der Waals surface area contributed by atoms with E-state index in [9.17, 15) is 14.4 Å². The molecule has 6 heteroatoms. The molecule has 0 N–H and O–H groups in total. The first-order valence-corrected chi connectivity index (χ1v) is 24.2. The van der Waals surface area contributed by atoms with E-state index in [-0.39, 0.29) is 44.0 Å². The van der Waals surface area contributed by atoms with Crippen molar-refractivity contribution >= 4 is 17.9 Å². The van der Waals surface area contributed by atoms with Gasteiger partial charge < -0.3 is 14.2 Å². The van der Waals surface area contributed by atoms with Crippen LogP contribution in [0, 0.1) is 0 Å². The minimum absolute atomic E-state index is 0.121. The van der Waals surface area contributed by atoms with Gasteiger partial charge in [0.05, 0.1) is 0 Å². The largest absolute Gasteiger partial charge is 0.462 e. The number of esters is 3. The molecule has 348 valence electrons. The van der Waals surface area contributed by atoms with Crippen LogP contribution in [0.4, 0.5) is 0 Å². The Morgan fingerprint density at radius 2 is 0.571 bits per heavy atom. The third-order valence-corrected chi connectivity index (χ3v) is 9.33. The van der Waals surface area contributed by atoms with Gasteiger partial charge in [0, 0.05) is 19.3 Å². The highest BCUT2D eigenvalue weighted by atomic mass is 16.6. The standard InChI is InChI=1S/C57H84O6/c1-4-7-10-13-16-19-22-25-26-27-28-29-30-33-35-38-41-44-47-50-56(59)62-53-54(63-57(60)51-48-45-42-39-36-32-24-21-18-15-12-9-6-3)52-61-55(58)49-46-43-40-37-34-31-23-20-17-14-11-8-5-2/h7-30,33,35,54H,4-6,31-32,34,36-53H2,1-3H3/b10-7+,11-8+,12-9+,16-13+,17-14+,18-15+,22-19+,23-20+,24-21+,26-25+,28-27+,30-29+,35-33+. The summed E-state index contributed by atoms with van der Waals surface area (Å²) in [5, 5.41) is 0. The van der Waals surface area contributed by atoms with Crippen molar-refractivity contribution < 1.29 is 28.6 Å². The lowest BCUT2D eigenvalue weighted by molar-refractivity contribution is -0.167. The van der Waals surface area contributed by atoms with Crippen LogP contribution in [-0.4, -0.2) is 37.2 Å². The summed E-state index contributed by atoms with van der Waals surface area (Å²) in [7, 11) is 0. The monoisotopic (exact) mass is 865 g/mol. The average Bonchev–Trinajstić information content (AvgIpc) is 3.28. The minimum atomic E-state index is -0.824. The second-order valence-corrected chi connectivity index (χ2v) is 15.2. The second kappa shape index (κ2) is 49.7. The molecule has 0 fully saturated rings. The number of allylic oxidation sites excluding steroid dienone is 26. The van der Waals surface area contributed by atoms with Gasteiger partial charge in [-0.3, -0.25) is 14.4 Å². The minimum Gasteiger partial charge on any atom is -0.462 e.